The van der Waals surface area contributed by atoms with Gasteiger partial charge in [-0.2, -0.15) is 5.26 Å². The lowest BCUT2D eigenvalue weighted by Gasteiger charge is -2.39. The van der Waals surface area contributed by atoms with E-state index < -0.39 is 44.1 Å². The van der Waals surface area contributed by atoms with Gasteiger partial charge in [-0.1, -0.05) is 54.6 Å². The minimum absolute atomic E-state index is 0.0284. The van der Waals surface area contributed by atoms with E-state index in [2.05, 4.69) is 38.4 Å². The zero-order chi connectivity index (χ0) is 38.1. The normalized spacial score (nSPS) is 18.1. The molecule has 4 aromatic rings. The highest BCUT2D eigenvalue weighted by atomic mass is 31.2. The Morgan fingerprint density at radius 1 is 0.849 bits per heavy atom. The zero-order valence-corrected chi connectivity index (χ0v) is 32.3. The second-order valence-corrected chi connectivity index (χ2v) is 14.9. The molecule has 1 fully saturated rings. The maximum Gasteiger partial charge on any atom is 0.259 e. The summed E-state index contributed by atoms with van der Waals surface area (Å²) in [7, 11) is 1.57. The summed E-state index contributed by atoms with van der Waals surface area (Å²) in [4.78, 5) is 0. The van der Waals surface area contributed by atoms with Crippen LogP contribution in [-0.2, 0) is 24.1 Å². The van der Waals surface area contributed by atoms with Crippen LogP contribution in [0, 0.1) is 29.9 Å². The van der Waals surface area contributed by atoms with Crippen LogP contribution >= 0.6 is 8.53 Å². The van der Waals surface area contributed by atoms with Crippen molar-refractivity contribution in [3.8, 4) is 17.6 Å². The molecule has 53 heavy (non-hydrogen) atoms. The SMILES string of the molecule is COc1ccc(C(OC[C@H]2O[C@@H](c3cc(C)c(F)cc3F)CC2OP(OCCC#N)N(C(C)C)C(C)C)(c2ccccc2)c2ccc(OC)cc2)cc1. The minimum atomic E-state index is -1.68. The predicted molar refractivity (Wildman–Crippen MR) is 202 cm³/mol. The molecular formula is C42H49F2N2O6P. The van der Waals surface area contributed by atoms with Gasteiger partial charge in [-0.05, 0) is 87.2 Å². The van der Waals surface area contributed by atoms with Gasteiger partial charge in [0.1, 0.15) is 34.8 Å². The fourth-order valence-electron chi connectivity index (χ4n) is 6.79. The van der Waals surface area contributed by atoms with Crippen LogP contribution in [0.15, 0.2) is 91.0 Å². The number of halogens is 2. The number of nitrogens with zero attached hydrogens (tertiary/aromatic N) is 2. The fourth-order valence-corrected chi connectivity index (χ4v) is 8.55. The van der Waals surface area contributed by atoms with Gasteiger partial charge in [0.15, 0.2) is 0 Å². The molecule has 1 aliphatic heterocycles. The third-order valence-corrected chi connectivity index (χ3v) is 11.5. The molecule has 0 N–H and O–H groups in total. The molecule has 4 aromatic carbocycles. The molecule has 0 aromatic heterocycles. The van der Waals surface area contributed by atoms with E-state index in [-0.39, 0.29) is 43.7 Å². The standard InChI is InChI=1S/C42H49F2N2O6P/c1-28(2)46(29(3)4)53(50-23-11-22-45)52-40-26-39(36-24-30(5)37(43)25-38(36)44)51-41(40)27-49-42(31-12-9-8-10-13-31,32-14-18-34(47-6)19-15-32)33-16-20-35(48-7)21-17-33/h8-10,12-21,24-25,28-29,39-41H,11,23,26-27H2,1-7H3/t39-,40?,41-,53?/m1/s1. The van der Waals surface area contributed by atoms with Gasteiger partial charge in [-0.15, -0.1) is 0 Å². The quantitative estimate of drug-likeness (QED) is 0.0600. The Kier molecular flexibility index (Phi) is 14.0. The summed E-state index contributed by atoms with van der Waals surface area (Å²) in [5.74, 6) is 0.0822. The Balaban J connectivity index is 1.60. The number of benzene rings is 4. The lowest BCUT2D eigenvalue weighted by atomic mass is 9.80. The van der Waals surface area contributed by atoms with Gasteiger partial charge in [0.2, 0.25) is 0 Å². The molecule has 0 saturated carbocycles. The lowest BCUT2D eigenvalue weighted by Crippen LogP contribution is -2.39. The predicted octanol–water partition coefficient (Wildman–Crippen LogP) is 9.79. The molecule has 1 heterocycles. The summed E-state index contributed by atoms with van der Waals surface area (Å²) in [5.41, 5.74) is 1.98. The first kappa shape index (κ1) is 40.2. The zero-order valence-electron chi connectivity index (χ0n) is 31.4. The van der Waals surface area contributed by atoms with Crippen LogP contribution in [-0.4, -0.2) is 56.4 Å². The molecule has 4 atom stereocenters. The van der Waals surface area contributed by atoms with Gasteiger partial charge in [0.25, 0.3) is 8.53 Å². The highest BCUT2D eigenvalue weighted by Crippen LogP contribution is 2.51. The summed E-state index contributed by atoms with van der Waals surface area (Å²) in [6.45, 7) is 10.1. The summed E-state index contributed by atoms with van der Waals surface area (Å²) in [5, 5.41) is 9.29. The van der Waals surface area contributed by atoms with Crippen molar-refractivity contribution in [2.24, 2.45) is 0 Å². The van der Waals surface area contributed by atoms with Crippen molar-refractivity contribution >= 4 is 8.53 Å². The first-order valence-corrected chi connectivity index (χ1v) is 19.0. The second kappa shape index (κ2) is 18.4. The van der Waals surface area contributed by atoms with Crippen LogP contribution in [0.4, 0.5) is 8.78 Å². The molecule has 1 saturated heterocycles. The van der Waals surface area contributed by atoms with Crippen molar-refractivity contribution < 1.29 is 36.8 Å². The Labute approximate surface area is 313 Å². The molecule has 282 valence electrons. The van der Waals surface area contributed by atoms with Crippen molar-refractivity contribution in [3.05, 3.63) is 130 Å². The highest BCUT2D eigenvalue weighted by molar-refractivity contribution is 7.44. The highest BCUT2D eigenvalue weighted by Gasteiger charge is 2.45. The molecule has 1 aliphatic rings. The van der Waals surface area contributed by atoms with Crippen LogP contribution in [0.25, 0.3) is 0 Å². The van der Waals surface area contributed by atoms with Crippen molar-refractivity contribution in [1.82, 2.24) is 4.67 Å². The number of hydrogen-bond acceptors (Lipinski definition) is 8. The van der Waals surface area contributed by atoms with E-state index in [0.717, 1.165) is 22.8 Å². The first-order chi connectivity index (χ1) is 25.5. The minimum Gasteiger partial charge on any atom is -0.497 e. The van der Waals surface area contributed by atoms with Gasteiger partial charge in [-0.25, -0.2) is 13.5 Å². The number of nitriles is 1. The molecule has 0 aliphatic carbocycles. The number of hydrogen-bond donors (Lipinski definition) is 0. The molecule has 0 spiro atoms. The Morgan fingerprint density at radius 2 is 1.42 bits per heavy atom. The molecule has 0 bridgehead atoms. The van der Waals surface area contributed by atoms with E-state index in [0.29, 0.717) is 17.1 Å². The number of rotatable bonds is 17. The van der Waals surface area contributed by atoms with Crippen molar-refractivity contribution in [3.63, 3.8) is 0 Å². The van der Waals surface area contributed by atoms with E-state index >= 15 is 4.39 Å². The van der Waals surface area contributed by atoms with Crippen LogP contribution in [0.1, 0.15) is 74.5 Å². The lowest BCUT2D eigenvalue weighted by molar-refractivity contribution is -0.0810. The summed E-state index contributed by atoms with van der Waals surface area (Å²) >= 11 is 0. The summed E-state index contributed by atoms with van der Waals surface area (Å²) in [6, 6.07) is 30.1. The number of methoxy groups -OCH3 is 2. The van der Waals surface area contributed by atoms with E-state index in [9.17, 15) is 9.65 Å². The molecular weight excluding hydrogens is 697 g/mol. The Morgan fingerprint density at radius 3 is 1.94 bits per heavy atom. The second-order valence-electron chi connectivity index (χ2n) is 13.5. The largest absolute Gasteiger partial charge is 0.497 e. The summed E-state index contributed by atoms with van der Waals surface area (Å²) < 4.78 is 70.0. The fraction of sp³-hybridized carbons (Fsp3) is 0.405. The summed E-state index contributed by atoms with van der Waals surface area (Å²) in [6.07, 6.45) is -1.59. The molecule has 2 unspecified atom stereocenters. The topological polar surface area (TPSA) is 82.4 Å². The van der Waals surface area contributed by atoms with Gasteiger partial charge < -0.3 is 28.0 Å². The van der Waals surface area contributed by atoms with Crippen LogP contribution in [0.5, 0.6) is 11.5 Å². The third kappa shape index (κ3) is 9.24. The smallest absolute Gasteiger partial charge is 0.259 e. The van der Waals surface area contributed by atoms with E-state index in [1.165, 1.54) is 6.07 Å². The van der Waals surface area contributed by atoms with Crippen LogP contribution in [0.3, 0.4) is 0 Å². The van der Waals surface area contributed by atoms with Gasteiger partial charge >= 0.3 is 0 Å². The number of aryl methyl sites for hydroxylation is 1. The molecule has 5 rings (SSSR count). The Bertz CT molecular complexity index is 1750. The van der Waals surface area contributed by atoms with Gasteiger partial charge in [-0.3, -0.25) is 0 Å². The maximum absolute atomic E-state index is 15.4. The van der Waals surface area contributed by atoms with Crippen LogP contribution in [0.2, 0.25) is 0 Å². The van der Waals surface area contributed by atoms with Crippen LogP contribution < -0.4 is 9.47 Å². The monoisotopic (exact) mass is 746 g/mol. The van der Waals surface area contributed by atoms with Crippen molar-refractivity contribution in [2.75, 3.05) is 27.4 Å². The van der Waals surface area contributed by atoms with E-state index in [4.69, 9.17) is 28.0 Å². The van der Waals surface area contributed by atoms with E-state index in [1.807, 2.05) is 78.9 Å². The van der Waals surface area contributed by atoms with Crippen molar-refractivity contribution in [1.29, 1.82) is 5.26 Å². The van der Waals surface area contributed by atoms with Gasteiger partial charge in [0, 0.05) is 30.1 Å². The molecule has 11 heteroatoms. The van der Waals surface area contributed by atoms with Gasteiger partial charge in [0.05, 0.1) is 52.1 Å². The number of ether oxygens (including phenoxy) is 4. The average Bonchev–Trinajstić information content (AvgIpc) is 3.56. The first-order valence-electron chi connectivity index (χ1n) is 17.9. The Hall–Kier alpha value is -3.94. The van der Waals surface area contributed by atoms with E-state index in [1.54, 1.807) is 21.1 Å². The average molecular weight is 747 g/mol. The molecule has 0 amide bonds. The molecule has 0 radical (unpaired) electrons. The third-order valence-electron chi connectivity index (χ3n) is 9.35. The van der Waals surface area contributed by atoms with Crippen molar-refractivity contribution in [2.45, 2.75) is 83.5 Å². The maximum atomic E-state index is 15.4. The molecule has 8 nitrogen and oxygen atoms in total.